The lowest BCUT2D eigenvalue weighted by atomic mass is 9.98. The Hall–Kier alpha value is -2.62. The molecule has 0 unspecified atom stereocenters. The lowest BCUT2D eigenvalue weighted by Crippen LogP contribution is -2.10. The summed E-state index contributed by atoms with van der Waals surface area (Å²) in [5, 5.41) is 2.97. The molecular formula is C23H28N2O2. The van der Waals surface area contributed by atoms with Crippen molar-refractivity contribution in [2.24, 2.45) is 0 Å². The largest absolute Gasteiger partial charge is 0.436 e. The van der Waals surface area contributed by atoms with Gasteiger partial charge in [-0.1, -0.05) is 45.7 Å². The lowest BCUT2D eigenvalue weighted by Gasteiger charge is -2.07. The van der Waals surface area contributed by atoms with Crippen LogP contribution < -0.4 is 5.32 Å². The highest BCUT2D eigenvalue weighted by atomic mass is 16.3. The molecule has 27 heavy (non-hydrogen) atoms. The molecule has 1 amide bonds. The number of hydrogen-bond acceptors (Lipinski definition) is 3. The van der Waals surface area contributed by atoms with E-state index in [9.17, 15) is 4.79 Å². The van der Waals surface area contributed by atoms with Crippen molar-refractivity contribution in [2.45, 2.75) is 58.8 Å². The second kappa shape index (κ2) is 8.85. The first-order valence-corrected chi connectivity index (χ1v) is 9.91. The van der Waals surface area contributed by atoms with E-state index in [-0.39, 0.29) is 5.91 Å². The smallest absolute Gasteiger partial charge is 0.227 e. The van der Waals surface area contributed by atoms with E-state index < -0.39 is 0 Å². The molecule has 4 heteroatoms. The number of carbonyl (C=O) groups excluding carboxylic acids is 1. The molecule has 0 fully saturated rings. The summed E-state index contributed by atoms with van der Waals surface area (Å²) in [5.41, 5.74) is 4.57. The van der Waals surface area contributed by atoms with Crippen molar-refractivity contribution in [2.75, 3.05) is 5.32 Å². The van der Waals surface area contributed by atoms with Crippen LogP contribution >= 0.6 is 0 Å². The summed E-state index contributed by atoms with van der Waals surface area (Å²) >= 11 is 0. The zero-order valence-electron chi connectivity index (χ0n) is 16.4. The van der Waals surface area contributed by atoms with E-state index in [2.05, 4.69) is 43.2 Å². The number of unbranched alkanes of at least 4 members (excludes halogenated alkanes) is 2. The first kappa shape index (κ1) is 19.2. The molecule has 1 N–H and O–H groups in total. The standard InChI is InChI=1S/C23H28N2O2/c1-4-6-7-11-22(26)24-19-10-8-9-18(14-19)23-25-20-15-17(16(3)5-2)12-13-21(20)27-23/h8-10,12-16H,4-7,11H2,1-3H3,(H,24,26)/t16-/m1/s1. The lowest BCUT2D eigenvalue weighted by molar-refractivity contribution is -0.116. The normalized spacial score (nSPS) is 12.3. The number of rotatable bonds is 8. The van der Waals surface area contributed by atoms with Crippen LogP contribution in [0.5, 0.6) is 0 Å². The number of aromatic nitrogens is 1. The summed E-state index contributed by atoms with van der Waals surface area (Å²) in [6.45, 7) is 6.54. The monoisotopic (exact) mass is 364 g/mol. The number of nitrogens with one attached hydrogen (secondary N) is 1. The van der Waals surface area contributed by atoms with Gasteiger partial charge in [-0.2, -0.15) is 0 Å². The molecule has 1 aromatic heterocycles. The molecule has 0 radical (unpaired) electrons. The fourth-order valence-corrected chi connectivity index (χ4v) is 3.10. The third-order valence-electron chi connectivity index (χ3n) is 4.99. The Kier molecular flexibility index (Phi) is 6.28. The van der Waals surface area contributed by atoms with Gasteiger partial charge in [0.05, 0.1) is 0 Å². The zero-order chi connectivity index (χ0) is 19.2. The summed E-state index contributed by atoms with van der Waals surface area (Å²) in [6.07, 6.45) is 4.76. The van der Waals surface area contributed by atoms with E-state index in [1.165, 1.54) is 5.56 Å². The molecular weight excluding hydrogens is 336 g/mol. The minimum absolute atomic E-state index is 0.0522. The number of oxazole rings is 1. The van der Waals surface area contributed by atoms with Gasteiger partial charge < -0.3 is 9.73 Å². The first-order valence-electron chi connectivity index (χ1n) is 9.91. The van der Waals surface area contributed by atoms with E-state index in [1.807, 2.05) is 30.3 Å². The van der Waals surface area contributed by atoms with Crippen LogP contribution in [0.25, 0.3) is 22.6 Å². The molecule has 0 saturated carbocycles. The van der Waals surface area contributed by atoms with Gasteiger partial charge in [0.1, 0.15) is 5.52 Å². The Bertz CT molecular complexity index is 914. The van der Waals surface area contributed by atoms with Gasteiger partial charge in [-0.25, -0.2) is 4.98 Å². The molecule has 142 valence electrons. The summed E-state index contributed by atoms with van der Waals surface area (Å²) in [6, 6.07) is 13.9. The van der Waals surface area contributed by atoms with Gasteiger partial charge in [-0.05, 0) is 54.7 Å². The van der Waals surface area contributed by atoms with Crippen molar-refractivity contribution in [1.82, 2.24) is 4.98 Å². The number of amides is 1. The van der Waals surface area contributed by atoms with Crippen LogP contribution in [0.1, 0.15) is 64.4 Å². The average molecular weight is 364 g/mol. The van der Waals surface area contributed by atoms with Crippen molar-refractivity contribution < 1.29 is 9.21 Å². The Labute approximate surface area is 161 Å². The molecule has 1 heterocycles. The number of nitrogens with zero attached hydrogens (tertiary/aromatic N) is 1. The first-order chi connectivity index (χ1) is 13.1. The van der Waals surface area contributed by atoms with Gasteiger partial charge in [-0.15, -0.1) is 0 Å². The number of hydrogen-bond donors (Lipinski definition) is 1. The third kappa shape index (κ3) is 4.76. The third-order valence-corrected chi connectivity index (χ3v) is 4.99. The molecule has 0 bridgehead atoms. The molecule has 4 nitrogen and oxygen atoms in total. The summed E-state index contributed by atoms with van der Waals surface area (Å²) in [4.78, 5) is 16.7. The second-order valence-corrected chi connectivity index (χ2v) is 7.14. The van der Waals surface area contributed by atoms with E-state index in [0.717, 1.165) is 48.0 Å². The van der Waals surface area contributed by atoms with Crippen molar-refractivity contribution in [1.29, 1.82) is 0 Å². The van der Waals surface area contributed by atoms with Crippen LogP contribution in [0.3, 0.4) is 0 Å². The van der Waals surface area contributed by atoms with Gasteiger partial charge in [0.15, 0.2) is 5.58 Å². The molecule has 2 aromatic carbocycles. The van der Waals surface area contributed by atoms with Crippen LogP contribution in [-0.4, -0.2) is 10.9 Å². The minimum Gasteiger partial charge on any atom is -0.436 e. The average Bonchev–Trinajstić information content (AvgIpc) is 3.11. The Balaban J connectivity index is 1.79. The molecule has 0 spiro atoms. The van der Waals surface area contributed by atoms with Gasteiger partial charge in [-0.3, -0.25) is 4.79 Å². The maximum Gasteiger partial charge on any atom is 0.227 e. The predicted octanol–water partition coefficient (Wildman–Crippen LogP) is 6.53. The SMILES string of the molecule is CCCCCC(=O)Nc1cccc(-c2nc3cc([C@H](C)CC)ccc3o2)c1. The van der Waals surface area contributed by atoms with Crippen LogP contribution in [-0.2, 0) is 4.79 Å². The van der Waals surface area contributed by atoms with Gasteiger partial charge in [0, 0.05) is 17.7 Å². The van der Waals surface area contributed by atoms with Crippen molar-refractivity contribution in [3.63, 3.8) is 0 Å². The van der Waals surface area contributed by atoms with Crippen LogP contribution in [0, 0.1) is 0 Å². The molecule has 3 aromatic rings. The number of fused-ring (bicyclic) bond motifs is 1. The fourth-order valence-electron chi connectivity index (χ4n) is 3.10. The van der Waals surface area contributed by atoms with Crippen LogP contribution in [0.15, 0.2) is 46.9 Å². The van der Waals surface area contributed by atoms with E-state index in [1.54, 1.807) is 0 Å². The highest BCUT2D eigenvalue weighted by Gasteiger charge is 2.12. The summed E-state index contributed by atoms with van der Waals surface area (Å²) in [7, 11) is 0. The van der Waals surface area contributed by atoms with Gasteiger partial charge >= 0.3 is 0 Å². The maximum absolute atomic E-state index is 12.1. The quantitative estimate of drug-likeness (QED) is 0.462. The highest BCUT2D eigenvalue weighted by Crippen LogP contribution is 2.29. The molecule has 1 atom stereocenters. The van der Waals surface area contributed by atoms with E-state index in [4.69, 9.17) is 4.42 Å². The fraction of sp³-hybridized carbons (Fsp3) is 0.391. The van der Waals surface area contributed by atoms with Gasteiger partial charge in [0.2, 0.25) is 11.8 Å². The van der Waals surface area contributed by atoms with Gasteiger partial charge in [0.25, 0.3) is 0 Å². The topological polar surface area (TPSA) is 55.1 Å². The van der Waals surface area contributed by atoms with Crippen molar-refractivity contribution in [3.8, 4) is 11.5 Å². The van der Waals surface area contributed by atoms with Crippen LogP contribution in [0.4, 0.5) is 5.69 Å². The zero-order valence-corrected chi connectivity index (χ0v) is 16.4. The number of anilines is 1. The van der Waals surface area contributed by atoms with Crippen LogP contribution in [0.2, 0.25) is 0 Å². The summed E-state index contributed by atoms with van der Waals surface area (Å²) < 4.78 is 5.94. The maximum atomic E-state index is 12.1. The minimum atomic E-state index is 0.0522. The molecule has 0 aliphatic carbocycles. The molecule has 0 saturated heterocycles. The van der Waals surface area contributed by atoms with E-state index >= 15 is 0 Å². The molecule has 3 rings (SSSR count). The Morgan fingerprint density at radius 2 is 2.00 bits per heavy atom. The number of benzene rings is 2. The Morgan fingerprint density at radius 1 is 1.15 bits per heavy atom. The van der Waals surface area contributed by atoms with Crippen molar-refractivity contribution >= 4 is 22.7 Å². The second-order valence-electron chi connectivity index (χ2n) is 7.14. The predicted molar refractivity (Wildman–Crippen MR) is 111 cm³/mol. The van der Waals surface area contributed by atoms with Crippen molar-refractivity contribution in [3.05, 3.63) is 48.0 Å². The van der Waals surface area contributed by atoms with E-state index in [0.29, 0.717) is 18.2 Å². The number of carbonyl (C=O) groups is 1. The highest BCUT2D eigenvalue weighted by molar-refractivity contribution is 5.91. The molecule has 0 aliphatic rings. The summed E-state index contributed by atoms with van der Waals surface area (Å²) in [5.74, 6) is 1.13. The Morgan fingerprint density at radius 3 is 2.78 bits per heavy atom. The molecule has 0 aliphatic heterocycles.